The van der Waals surface area contributed by atoms with Crippen molar-refractivity contribution in [3.05, 3.63) is 23.1 Å². The van der Waals surface area contributed by atoms with Crippen LogP contribution in [0.2, 0.25) is 0 Å². The molecule has 4 atom stereocenters. The monoisotopic (exact) mass is 444 g/mol. The van der Waals surface area contributed by atoms with E-state index in [1.807, 2.05) is 7.05 Å². The van der Waals surface area contributed by atoms with E-state index in [0.717, 1.165) is 24.2 Å². The number of fused-ring (bicyclic) bond motifs is 3. The number of thiophene rings is 1. The van der Waals surface area contributed by atoms with E-state index < -0.39 is 18.3 Å². The number of halogens is 4. The van der Waals surface area contributed by atoms with Crippen molar-refractivity contribution >= 4 is 38.9 Å². The molecule has 3 heterocycles. The van der Waals surface area contributed by atoms with Crippen LogP contribution in [0.25, 0.3) is 10.1 Å². The maximum Gasteiger partial charge on any atom is 0.446 e. The van der Waals surface area contributed by atoms with E-state index >= 15 is 4.39 Å². The molecule has 0 amide bonds. The molecule has 2 bridgehead atoms. The molecule has 2 N–H and O–H groups in total. The van der Waals surface area contributed by atoms with Gasteiger partial charge in [-0.15, -0.1) is 11.3 Å². The van der Waals surface area contributed by atoms with E-state index in [1.54, 1.807) is 18.2 Å². The zero-order chi connectivity index (χ0) is 20.8. The number of aliphatic hydroxyl groups is 1. The zero-order valence-corrected chi connectivity index (χ0v) is 17.2. The highest BCUT2D eigenvalue weighted by molar-refractivity contribution is 8.00. The molecule has 2 fully saturated rings. The molecule has 0 unspecified atom stereocenters. The normalized spacial score (nSPS) is 27.1. The third kappa shape index (κ3) is 4.08. The predicted octanol–water partition coefficient (Wildman–Crippen LogP) is 4.84. The summed E-state index contributed by atoms with van der Waals surface area (Å²) in [5, 5.41) is 12.7. The molecule has 2 aromatic rings. The smallest absolute Gasteiger partial charge is 0.384 e. The van der Waals surface area contributed by atoms with Crippen LogP contribution < -0.4 is 5.32 Å². The molecule has 156 valence electrons. The Morgan fingerprint density at radius 1 is 1.34 bits per heavy atom. The van der Waals surface area contributed by atoms with E-state index in [2.05, 4.69) is 22.1 Å². The maximum atomic E-state index is 15.0. The van der Waals surface area contributed by atoms with Crippen molar-refractivity contribution < 1.29 is 22.7 Å². The van der Waals surface area contributed by atoms with Gasteiger partial charge in [-0.25, -0.2) is 4.39 Å². The Bertz CT molecular complexity index is 965. The second kappa shape index (κ2) is 7.99. The lowest BCUT2D eigenvalue weighted by atomic mass is 9.95. The summed E-state index contributed by atoms with van der Waals surface area (Å²) >= 11 is 0.936. The van der Waals surface area contributed by atoms with Crippen LogP contribution in [-0.4, -0.2) is 53.5 Å². The molecule has 9 heteroatoms. The van der Waals surface area contributed by atoms with Crippen molar-refractivity contribution in [2.75, 3.05) is 19.0 Å². The van der Waals surface area contributed by atoms with Gasteiger partial charge in [-0.2, -0.15) is 13.2 Å². The van der Waals surface area contributed by atoms with Crippen molar-refractivity contribution in [1.82, 2.24) is 4.90 Å². The first-order valence-electron chi connectivity index (χ1n) is 9.32. The largest absolute Gasteiger partial charge is 0.446 e. The number of hydrogen-bond donors (Lipinski definition) is 2. The quantitative estimate of drug-likeness (QED) is 0.403. The Hall–Kier alpha value is -1.47. The second-order valence-electron chi connectivity index (χ2n) is 7.35. The highest BCUT2D eigenvalue weighted by Crippen LogP contribution is 2.47. The summed E-state index contributed by atoms with van der Waals surface area (Å²) in [6.07, 6.45) is 1.43. The fraction of sp³-hybridized carbons (Fsp3) is 0.500. The van der Waals surface area contributed by atoms with Crippen LogP contribution in [0.1, 0.15) is 24.1 Å². The number of alkyl halides is 4. The zero-order valence-electron chi connectivity index (χ0n) is 15.6. The first-order valence-corrected chi connectivity index (χ1v) is 11.0. The van der Waals surface area contributed by atoms with Crippen molar-refractivity contribution in [3.63, 3.8) is 0 Å². The molecule has 29 heavy (non-hydrogen) atoms. The molecule has 2 aliphatic heterocycles. The van der Waals surface area contributed by atoms with Gasteiger partial charge in [0.05, 0.1) is 26.2 Å². The van der Waals surface area contributed by atoms with Crippen LogP contribution in [0.3, 0.4) is 0 Å². The summed E-state index contributed by atoms with van der Waals surface area (Å²) < 4.78 is 55.0. The third-order valence-corrected chi connectivity index (χ3v) is 7.83. The van der Waals surface area contributed by atoms with Gasteiger partial charge in [-0.05, 0) is 44.1 Å². The molecule has 0 saturated carbocycles. The fourth-order valence-electron chi connectivity index (χ4n) is 4.37. The lowest BCUT2D eigenvalue weighted by molar-refractivity contribution is -0.0327. The van der Waals surface area contributed by atoms with Crippen molar-refractivity contribution in [2.45, 2.75) is 54.0 Å². The number of nitrogens with zero attached hydrogens (tertiary/aromatic N) is 1. The SMILES string of the molecule is CN1[C@H]2CC[C@@H]1[C@H](F)[C@H](Nc1cccc3c(SC(F)(F)F)c(C#CCO)sc13)C2. The summed E-state index contributed by atoms with van der Waals surface area (Å²) in [5.41, 5.74) is -3.82. The Labute approximate surface area is 174 Å². The average Bonchev–Trinajstić information content (AvgIpc) is 3.13. The minimum absolute atomic E-state index is 0.0299. The summed E-state index contributed by atoms with van der Waals surface area (Å²) in [6, 6.07) is 4.92. The lowest BCUT2D eigenvalue weighted by Gasteiger charge is -2.39. The van der Waals surface area contributed by atoms with Gasteiger partial charge in [0.25, 0.3) is 0 Å². The standard InChI is InChI=1S/C20H20F4N2OS2/c1-26-11-7-8-15(26)17(21)14(10-11)25-13-5-2-4-12-18(13)28-16(6-3-9-27)19(12)29-20(22,23)24/h2,4-5,11,14-15,17,25,27H,7-10H2,1H3/t11-,14+,15+,17+/m0/s1. The van der Waals surface area contributed by atoms with Gasteiger partial charge in [0.15, 0.2) is 0 Å². The number of hydrogen-bond acceptors (Lipinski definition) is 5. The predicted molar refractivity (Wildman–Crippen MR) is 109 cm³/mol. The van der Waals surface area contributed by atoms with Crippen molar-refractivity contribution in [3.8, 4) is 11.8 Å². The third-order valence-electron chi connectivity index (χ3n) is 5.68. The van der Waals surface area contributed by atoms with Gasteiger partial charge >= 0.3 is 5.51 Å². The number of anilines is 1. The molecule has 0 aliphatic carbocycles. The van der Waals surface area contributed by atoms with E-state index in [4.69, 9.17) is 5.11 Å². The number of benzene rings is 1. The summed E-state index contributed by atoms with van der Waals surface area (Å²) in [4.78, 5) is 2.39. The van der Waals surface area contributed by atoms with Gasteiger partial charge < -0.3 is 10.4 Å². The second-order valence-corrected chi connectivity index (χ2v) is 9.44. The topological polar surface area (TPSA) is 35.5 Å². The number of piperidine rings is 1. The maximum absolute atomic E-state index is 15.0. The average molecular weight is 445 g/mol. The molecule has 0 spiro atoms. The van der Waals surface area contributed by atoms with E-state index in [0.29, 0.717) is 28.2 Å². The van der Waals surface area contributed by atoms with Gasteiger partial charge in [0.1, 0.15) is 12.8 Å². The Morgan fingerprint density at radius 3 is 2.86 bits per heavy atom. The van der Waals surface area contributed by atoms with E-state index in [-0.39, 0.29) is 33.6 Å². The molecule has 1 aromatic carbocycles. The van der Waals surface area contributed by atoms with Gasteiger partial charge in [-0.3, -0.25) is 4.90 Å². The molecule has 3 nitrogen and oxygen atoms in total. The molecule has 0 radical (unpaired) electrons. The summed E-state index contributed by atoms with van der Waals surface area (Å²) in [5.74, 6) is 5.07. The minimum atomic E-state index is -4.45. The molecule has 2 aliphatic rings. The van der Waals surface area contributed by atoms with Crippen LogP contribution in [0.4, 0.5) is 23.2 Å². The Balaban J connectivity index is 1.70. The summed E-state index contributed by atoms with van der Waals surface area (Å²) in [6.45, 7) is -0.433. The molecule has 2 saturated heterocycles. The lowest BCUT2D eigenvalue weighted by Crippen LogP contribution is -2.53. The highest BCUT2D eigenvalue weighted by Gasteiger charge is 2.46. The molecule has 1 aromatic heterocycles. The molecular formula is C20H20F4N2OS2. The van der Waals surface area contributed by atoms with Crippen LogP contribution >= 0.6 is 23.1 Å². The molecule has 4 rings (SSSR count). The van der Waals surface area contributed by atoms with Crippen molar-refractivity contribution in [2.24, 2.45) is 0 Å². The fourth-order valence-corrected chi connectivity index (χ4v) is 6.38. The number of rotatable bonds is 3. The van der Waals surface area contributed by atoms with Crippen molar-refractivity contribution in [1.29, 1.82) is 0 Å². The highest BCUT2D eigenvalue weighted by atomic mass is 32.2. The van der Waals surface area contributed by atoms with Gasteiger partial charge in [0, 0.05) is 17.5 Å². The first-order chi connectivity index (χ1) is 13.8. The van der Waals surface area contributed by atoms with Gasteiger partial charge in [-0.1, -0.05) is 24.0 Å². The number of thioether (sulfide) groups is 1. The first kappa shape index (κ1) is 20.8. The van der Waals surface area contributed by atoms with Crippen LogP contribution in [-0.2, 0) is 0 Å². The van der Waals surface area contributed by atoms with Gasteiger partial charge in [0.2, 0.25) is 0 Å². The minimum Gasteiger partial charge on any atom is -0.384 e. The van der Waals surface area contributed by atoms with Crippen LogP contribution in [0, 0.1) is 11.8 Å². The number of nitrogens with one attached hydrogen (secondary N) is 1. The number of aliphatic hydroxyl groups excluding tert-OH is 1. The van der Waals surface area contributed by atoms with E-state index in [9.17, 15) is 13.2 Å². The van der Waals surface area contributed by atoms with Crippen LogP contribution in [0.5, 0.6) is 0 Å². The molecular weight excluding hydrogens is 424 g/mol. The van der Waals surface area contributed by atoms with E-state index in [1.165, 1.54) is 0 Å². The van der Waals surface area contributed by atoms with Crippen LogP contribution in [0.15, 0.2) is 23.1 Å². The Kier molecular flexibility index (Phi) is 5.73. The Morgan fingerprint density at radius 2 is 2.14 bits per heavy atom. The summed E-state index contributed by atoms with van der Waals surface area (Å²) in [7, 11) is 1.96.